The molecule has 0 bridgehead atoms. The fourth-order valence-corrected chi connectivity index (χ4v) is 3.02. The monoisotopic (exact) mass is 364 g/mol. The van der Waals surface area contributed by atoms with Crippen LogP contribution in [0.5, 0.6) is 0 Å². The second-order valence-electron chi connectivity index (χ2n) is 6.93. The highest BCUT2D eigenvalue weighted by Crippen LogP contribution is 2.24. The summed E-state index contributed by atoms with van der Waals surface area (Å²) < 4.78 is 4.94. The van der Waals surface area contributed by atoms with Gasteiger partial charge in [0.05, 0.1) is 19.3 Å². The summed E-state index contributed by atoms with van der Waals surface area (Å²) in [5.74, 6) is 0.488. The summed E-state index contributed by atoms with van der Waals surface area (Å²) in [6.45, 7) is 9.77. The van der Waals surface area contributed by atoms with E-state index >= 15 is 0 Å². The molecule has 0 spiro atoms. The van der Waals surface area contributed by atoms with Crippen molar-refractivity contribution >= 4 is 17.6 Å². The Labute approximate surface area is 156 Å². The highest BCUT2D eigenvalue weighted by molar-refractivity contribution is 5.94. The Bertz CT molecular complexity index is 508. The van der Waals surface area contributed by atoms with Crippen molar-refractivity contribution in [2.45, 2.75) is 64.3 Å². The van der Waals surface area contributed by atoms with E-state index in [0.717, 1.165) is 25.7 Å². The lowest BCUT2D eigenvalue weighted by Gasteiger charge is -2.29. The Kier molecular flexibility index (Phi) is 10.4. The number of ether oxygens (including phenoxy) is 1. The molecule has 0 atom stereocenters. The van der Waals surface area contributed by atoms with E-state index in [1.165, 1.54) is 6.26 Å². The third-order valence-corrected chi connectivity index (χ3v) is 4.65. The van der Waals surface area contributed by atoms with Crippen LogP contribution in [0.25, 0.3) is 0 Å². The number of hydrogen-bond donors (Lipinski definition) is 2. The molecule has 2 amide bonds. The van der Waals surface area contributed by atoms with Gasteiger partial charge in [-0.2, -0.15) is 0 Å². The van der Waals surface area contributed by atoms with Crippen molar-refractivity contribution in [2.75, 3.05) is 13.2 Å². The number of rotatable bonds is 12. The molecule has 0 aromatic rings. The number of allylic oxidation sites excluding steroid dienone is 1. The molecule has 0 aromatic heterocycles. The summed E-state index contributed by atoms with van der Waals surface area (Å²) in [6.07, 6.45) is 6.83. The Hall–Kier alpha value is -2.11. The number of nitrogens with one attached hydrogen (secondary N) is 2. The van der Waals surface area contributed by atoms with E-state index in [4.69, 9.17) is 4.74 Å². The van der Waals surface area contributed by atoms with Crippen LogP contribution < -0.4 is 10.6 Å². The third-order valence-electron chi connectivity index (χ3n) is 4.65. The van der Waals surface area contributed by atoms with E-state index in [1.807, 2.05) is 0 Å². The van der Waals surface area contributed by atoms with E-state index in [1.54, 1.807) is 6.92 Å². The smallest absolute Gasteiger partial charge is 0.223 e. The van der Waals surface area contributed by atoms with E-state index in [-0.39, 0.29) is 23.6 Å². The van der Waals surface area contributed by atoms with Gasteiger partial charge in [0.25, 0.3) is 0 Å². The number of carbonyl (C=O) groups excluding carboxylic acids is 3. The zero-order valence-corrected chi connectivity index (χ0v) is 15.9. The molecular weight excluding hydrogens is 332 g/mol. The van der Waals surface area contributed by atoms with Crippen LogP contribution in [0.1, 0.15) is 58.3 Å². The van der Waals surface area contributed by atoms with Gasteiger partial charge in [0, 0.05) is 25.4 Å². The van der Waals surface area contributed by atoms with Crippen LogP contribution in [0.15, 0.2) is 25.0 Å². The summed E-state index contributed by atoms with van der Waals surface area (Å²) in [7, 11) is 0. The predicted molar refractivity (Wildman–Crippen MR) is 101 cm³/mol. The lowest BCUT2D eigenvalue weighted by atomic mass is 9.86. The van der Waals surface area contributed by atoms with Gasteiger partial charge in [0.2, 0.25) is 11.8 Å². The number of hydrogen-bond acceptors (Lipinski definition) is 4. The fourth-order valence-electron chi connectivity index (χ4n) is 3.02. The van der Waals surface area contributed by atoms with Gasteiger partial charge in [-0.05, 0) is 50.5 Å². The summed E-state index contributed by atoms with van der Waals surface area (Å²) in [5, 5.41) is 5.99. The van der Waals surface area contributed by atoms with Crippen LogP contribution in [0.2, 0.25) is 0 Å². The summed E-state index contributed by atoms with van der Waals surface area (Å²) in [5.41, 5.74) is 0.545. The van der Waals surface area contributed by atoms with Crippen LogP contribution in [-0.4, -0.2) is 36.8 Å². The Balaban J connectivity index is 2.12. The topological polar surface area (TPSA) is 84.5 Å². The molecule has 26 heavy (non-hydrogen) atoms. The lowest BCUT2D eigenvalue weighted by molar-refractivity contribution is -0.122. The summed E-state index contributed by atoms with van der Waals surface area (Å²) >= 11 is 0. The van der Waals surface area contributed by atoms with Crippen molar-refractivity contribution in [2.24, 2.45) is 5.92 Å². The minimum atomic E-state index is -0.00779. The largest absolute Gasteiger partial charge is 0.501 e. The van der Waals surface area contributed by atoms with Crippen LogP contribution in [0, 0.1) is 5.92 Å². The number of ketones is 1. The van der Waals surface area contributed by atoms with Crippen molar-refractivity contribution in [3.8, 4) is 0 Å². The quantitative estimate of drug-likeness (QED) is 0.317. The molecule has 1 rings (SSSR count). The standard InChI is InChI=1S/C20H32N2O4/c1-4-26-13-12-19(24)21-14-16-8-10-17(11-9-16)22-20(25)7-5-6-18(23)15(2)3/h4,16-17H,1-2,5-14H2,3H3,(H,21,24)(H,22,25). The van der Waals surface area contributed by atoms with Crippen molar-refractivity contribution in [1.82, 2.24) is 10.6 Å². The Morgan fingerprint density at radius 1 is 1.08 bits per heavy atom. The summed E-state index contributed by atoms with van der Waals surface area (Å²) in [6, 6.07) is 0.201. The first kappa shape index (κ1) is 21.9. The molecular formula is C20H32N2O4. The Morgan fingerprint density at radius 2 is 1.77 bits per heavy atom. The third kappa shape index (κ3) is 9.39. The van der Waals surface area contributed by atoms with Crippen molar-refractivity contribution in [3.63, 3.8) is 0 Å². The zero-order chi connectivity index (χ0) is 19.4. The minimum absolute atomic E-state index is 0.00779. The first-order valence-electron chi connectivity index (χ1n) is 9.39. The fraction of sp³-hybridized carbons (Fsp3) is 0.650. The van der Waals surface area contributed by atoms with E-state index in [2.05, 4.69) is 23.8 Å². The molecule has 0 aliphatic heterocycles. The van der Waals surface area contributed by atoms with Gasteiger partial charge in [-0.3, -0.25) is 14.4 Å². The number of carbonyl (C=O) groups is 3. The van der Waals surface area contributed by atoms with Crippen LogP contribution >= 0.6 is 0 Å². The van der Waals surface area contributed by atoms with Crippen LogP contribution in [-0.2, 0) is 19.1 Å². The van der Waals surface area contributed by atoms with Crippen LogP contribution in [0.3, 0.4) is 0 Å². The molecule has 6 heteroatoms. The van der Waals surface area contributed by atoms with Crippen molar-refractivity contribution in [3.05, 3.63) is 25.0 Å². The van der Waals surface area contributed by atoms with Crippen molar-refractivity contribution in [1.29, 1.82) is 0 Å². The first-order chi connectivity index (χ1) is 12.4. The van der Waals surface area contributed by atoms with Gasteiger partial charge < -0.3 is 15.4 Å². The van der Waals surface area contributed by atoms with Crippen molar-refractivity contribution < 1.29 is 19.1 Å². The van der Waals surface area contributed by atoms with E-state index in [9.17, 15) is 14.4 Å². The lowest BCUT2D eigenvalue weighted by Crippen LogP contribution is -2.39. The van der Waals surface area contributed by atoms with E-state index < -0.39 is 0 Å². The maximum Gasteiger partial charge on any atom is 0.223 e. The maximum atomic E-state index is 12.0. The number of Topliss-reactive ketones (excluding diaryl/α,β-unsaturated/α-hetero) is 1. The molecule has 1 aliphatic rings. The SMILES string of the molecule is C=COCCC(=O)NCC1CCC(NC(=O)CCCC(=O)C(=C)C)CC1. The van der Waals surface area contributed by atoms with Gasteiger partial charge in [-0.1, -0.05) is 13.2 Å². The summed E-state index contributed by atoms with van der Waals surface area (Å²) in [4.78, 5) is 35.1. The molecule has 1 aliphatic carbocycles. The maximum absolute atomic E-state index is 12.0. The Morgan fingerprint density at radius 3 is 2.38 bits per heavy atom. The number of amides is 2. The molecule has 0 radical (unpaired) electrons. The molecule has 0 aromatic carbocycles. The van der Waals surface area contributed by atoms with Gasteiger partial charge >= 0.3 is 0 Å². The molecule has 146 valence electrons. The molecule has 0 saturated heterocycles. The van der Waals surface area contributed by atoms with E-state index in [0.29, 0.717) is 50.3 Å². The zero-order valence-electron chi connectivity index (χ0n) is 15.9. The molecule has 0 unspecified atom stereocenters. The second kappa shape index (κ2) is 12.3. The molecule has 1 fully saturated rings. The van der Waals surface area contributed by atoms with Gasteiger partial charge in [0.1, 0.15) is 0 Å². The predicted octanol–water partition coefficient (Wildman–Crippen LogP) is 2.64. The second-order valence-corrected chi connectivity index (χ2v) is 6.93. The highest BCUT2D eigenvalue weighted by atomic mass is 16.5. The minimum Gasteiger partial charge on any atom is -0.501 e. The average molecular weight is 364 g/mol. The average Bonchev–Trinajstić information content (AvgIpc) is 2.61. The molecule has 2 N–H and O–H groups in total. The molecule has 6 nitrogen and oxygen atoms in total. The first-order valence-corrected chi connectivity index (χ1v) is 9.39. The van der Waals surface area contributed by atoms with Gasteiger partial charge in [-0.15, -0.1) is 0 Å². The molecule has 1 saturated carbocycles. The van der Waals surface area contributed by atoms with Crippen LogP contribution in [0.4, 0.5) is 0 Å². The van der Waals surface area contributed by atoms with Gasteiger partial charge in [-0.25, -0.2) is 0 Å². The normalized spacial score (nSPS) is 19.3. The highest BCUT2D eigenvalue weighted by Gasteiger charge is 2.22. The molecule has 0 heterocycles. The van der Waals surface area contributed by atoms with Gasteiger partial charge in [0.15, 0.2) is 5.78 Å².